The third-order valence-corrected chi connectivity index (χ3v) is 4.49. The van der Waals surface area contributed by atoms with Gasteiger partial charge in [-0.3, -0.25) is 10.1 Å². The molecule has 12 nitrogen and oxygen atoms in total. The van der Waals surface area contributed by atoms with Crippen LogP contribution < -0.4 is 10.2 Å². The van der Waals surface area contributed by atoms with Crippen molar-refractivity contribution in [2.45, 2.75) is 6.92 Å². The predicted molar refractivity (Wildman–Crippen MR) is 106 cm³/mol. The van der Waals surface area contributed by atoms with Gasteiger partial charge in [0.15, 0.2) is 0 Å². The second-order valence-corrected chi connectivity index (χ2v) is 6.33. The zero-order valence-corrected chi connectivity index (χ0v) is 16.1. The maximum Gasteiger partial charge on any atom is 0.409 e. The lowest BCUT2D eigenvalue weighted by Crippen LogP contribution is -2.49. The molecule has 0 aliphatic carbocycles. The van der Waals surface area contributed by atoms with E-state index < -0.39 is 17.0 Å². The van der Waals surface area contributed by atoms with Crippen molar-refractivity contribution >= 4 is 35.1 Å². The normalized spacial score (nSPS) is 13.6. The molecule has 158 valence electrons. The van der Waals surface area contributed by atoms with Gasteiger partial charge in [-0.2, -0.15) is 0 Å². The third-order valence-electron chi connectivity index (χ3n) is 4.49. The molecule has 0 unspecified atom stereocenters. The lowest BCUT2D eigenvalue weighted by Gasteiger charge is -2.34. The van der Waals surface area contributed by atoms with Gasteiger partial charge in [0.05, 0.1) is 17.1 Å². The number of amides is 1. The number of hydrogen-bond acceptors (Lipinski definition) is 9. The summed E-state index contributed by atoms with van der Waals surface area (Å²) >= 11 is 0. The van der Waals surface area contributed by atoms with Gasteiger partial charge in [0.25, 0.3) is 0 Å². The van der Waals surface area contributed by atoms with Crippen molar-refractivity contribution in [3.63, 3.8) is 0 Å². The molecular formula is C18H20N6O6. The molecule has 0 atom stereocenters. The number of ether oxygens (including phenoxy) is 1. The van der Waals surface area contributed by atoms with Gasteiger partial charge >= 0.3 is 17.7 Å². The summed E-state index contributed by atoms with van der Waals surface area (Å²) in [6, 6.07) is 5.75. The molecule has 30 heavy (non-hydrogen) atoms. The molecule has 1 aromatic heterocycles. The standard InChI is InChI=1S/C18H20N6O6/c1-2-30-18(27)23-9-7-22(8-10-23)16-14(24(28)29)15(19-11-20-16)21-13-5-3-12(4-6-13)17(25)26/h3-6,11H,2,7-10H2,1H3,(H,25,26)(H,19,20,21). The average Bonchev–Trinajstić information content (AvgIpc) is 2.74. The first-order chi connectivity index (χ1) is 14.4. The minimum absolute atomic E-state index is 0.0131. The number of piperazine rings is 1. The van der Waals surface area contributed by atoms with E-state index in [0.29, 0.717) is 31.9 Å². The van der Waals surface area contributed by atoms with E-state index in [2.05, 4.69) is 15.3 Å². The fourth-order valence-corrected chi connectivity index (χ4v) is 3.01. The van der Waals surface area contributed by atoms with Crippen LogP contribution >= 0.6 is 0 Å². The van der Waals surface area contributed by atoms with Gasteiger partial charge in [-0.1, -0.05) is 0 Å². The molecule has 2 heterocycles. The van der Waals surface area contributed by atoms with E-state index in [1.165, 1.54) is 35.5 Å². The number of carbonyl (C=O) groups is 2. The summed E-state index contributed by atoms with van der Waals surface area (Å²) < 4.78 is 4.98. The Labute approximate surface area is 171 Å². The highest BCUT2D eigenvalue weighted by Crippen LogP contribution is 2.34. The van der Waals surface area contributed by atoms with Crippen molar-refractivity contribution in [3.05, 3.63) is 46.3 Å². The van der Waals surface area contributed by atoms with Crippen molar-refractivity contribution in [2.75, 3.05) is 43.0 Å². The van der Waals surface area contributed by atoms with Crippen LogP contribution in [0, 0.1) is 10.1 Å². The number of hydrogen-bond donors (Lipinski definition) is 2. The molecule has 1 aliphatic rings. The molecule has 1 aromatic carbocycles. The molecule has 3 rings (SSSR count). The Kier molecular flexibility index (Phi) is 6.25. The molecule has 0 saturated carbocycles. The fraction of sp³-hybridized carbons (Fsp3) is 0.333. The summed E-state index contributed by atoms with van der Waals surface area (Å²) in [6.07, 6.45) is 0.801. The number of carbonyl (C=O) groups excluding carboxylic acids is 1. The highest BCUT2D eigenvalue weighted by Gasteiger charge is 2.30. The van der Waals surface area contributed by atoms with Crippen LogP contribution in [0.4, 0.5) is 27.8 Å². The molecule has 1 fully saturated rings. The van der Waals surface area contributed by atoms with Crippen molar-refractivity contribution < 1.29 is 24.4 Å². The number of aromatic nitrogens is 2. The van der Waals surface area contributed by atoms with Crippen LogP contribution in [0.5, 0.6) is 0 Å². The Morgan fingerprint density at radius 1 is 1.20 bits per heavy atom. The topological polar surface area (TPSA) is 151 Å². The van der Waals surface area contributed by atoms with Crippen LogP contribution in [0.1, 0.15) is 17.3 Å². The maximum absolute atomic E-state index is 11.8. The van der Waals surface area contributed by atoms with Crippen molar-refractivity contribution in [2.24, 2.45) is 0 Å². The number of aromatic carboxylic acids is 1. The zero-order chi connectivity index (χ0) is 21.7. The van der Waals surface area contributed by atoms with E-state index in [1.54, 1.807) is 11.8 Å². The Hall–Kier alpha value is -3.96. The van der Waals surface area contributed by atoms with Gasteiger partial charge < -0.3 is 25.0 Å². The number of nitrogens with one attached hydrogen (secondary N) is 1. The van der Waals surface area contributed by atoms with Crippen LogP contribution in [0.15, 0.2) is 30.6 Å². The zero-order valence-electron chi connectivity index (χ0n) is 16.1. The van der Waals surface area contributed by atoms with E-state index >= 15 is 0 Å². The molecule has 12 heteroatoms. The fourth-order valence-electron chi connectivity index (χ4n) is 3.01. The summed E-state index contributed by atoms with van der Waals surface area (Å²) in [4.78, 5) is 45.3. The molecule has 1 saturated heterocycles. The molecule has 1 aliphatic heterocycles. The summed E-state index contributed by atoms with van der Waals surface area (Å²) in [7, 11) is 0. The number of anilines is 3. The predicted octanol–water partition coefficient (Wildman–Crippen LogP) is 2.11. The maximum atomic E-state index is 11.8. The van der Waals surface area contributed by atoms with E-state index in [-0.39, 0.29) is 29.5 Å². The van der Waals surface area contributed by atoms with Gasteiger partial charge in [0.2, 0.25) is 11.6 Å². The van der Waals surface area contributed by atoms with E-state index in [4.69, 9.17) is 9.84 Å². The monoisotopic (exact) mass is 416 g/mol. The Morgan fingerprint density at radius 3 is 2.43 bits per heavy atom. The first kappa shape index (κ1) is 20.8. The quantitative estimate of drug-likeness (QED) is 0.529. The molecule has 0 spiro atoms. The summed E-state index contributed by atoms with van der Waals surface area (Å²) in [5, 5.41) is 23.6. The number of nitrogens with zero attached hydrogens (tertiary/aromatic N) is 5. The summed E-state index contributed by atoms with van der Waals surface area (Å²) in [5.74, 6) is -0.942. The second kappa shape index (κ2) is 9.03. The van der Waals surface area contributed by atoms with Crippen molar-refractivity contribution in [1.82, 2.24) is 14.9 Å². The number of carboxylic acid groups (broad SMARTS) is 1. The van der Waals surface area contributed by atoms with Crippen molar-refractivity contribution in [1.29, 1.82) is 0 Å². The van der Waals surface area contributed by atoms with Gasteiger partial charge in [-0.25, -0.2) is 19.6 Å². The van der Waals surface area contributed by atoms with Gasteiger partial charge in [0, 0.05) is 31.9 Å². The molecule has 0 radical (unpaired) electrons. The van der Waals surface area contributed by atoms with Gasteiger partial charge in [0.1, 0.15) is 6.33 Å². The van der Waals surface area contributed by atoms with E-state index in [9.17, 15) is 19.7 Å². The lowest BCUT2D eigenvalue weighted by molar-refractivity contribution is -0.383. The molecule has 2 N–H and O–H groups in total. The minimum Gasteiger partial charge on any atom is -0.478 e. The lowest BCUT2D eigenvalue weighted by atomic mass is 10.2. The van der Waals surface area contributed by atoms with Crippen LogP contribution in [0.2, 0.25) is 0 Å². The van der Waals surface area contributed by atoms with Crippen LogP contribution in [-0.4, -0.2) is 69.7 Å². The number of nitro groups is 1. The Bertz CT molecular complexity index is 943. The number of rotatable bonds is 6. The number of carboxylic acids is 1. The largest absolute Gasteiger partial charge is 0.478 e. The molecule has 0 bridgehead atoms. The highest BCUT2D eigenvalue weighted by atomic mass is 16.6. The minimum atomic E-state index is -1.07. The highest BCUT2D eigenvalue weighted by molar-refractivity contribution is 5.88. The van der Waals surface area contributed by atoms with E-state index in [1.807, 2.05) is 0 Å². The molecule has 2 aromatic rings. The molecular weight excluding hydrogens is 396 g/mol. The molecule has 1 amide bonds. The first-order valence-corrected chi connectivity index (χ1v) is 9.17. The van der Waals surface area contributed by atoms with Crippen LogP contribution in [0.3, 0.4) is 0 Å². The summed E-state index contributed by atoms with van der Waals surface area (Å²) in [6.45, 7) is 3.40. The SMILES string of the molecule is CCOC(=O)N1CCN(c2ncnc(Nc3ccc(C(=O)O)cc3)c2[N+](=O)[O-])CC1. The van der Waals surface area contributed by atoms with Crippen LogP contribution in [-0.2, 0) is 4.74 Å². The Balaban J connectivity index is 1.81. The first-order valence-electron chi connectivity index (χ1n) is 9.17. The number of benzene rings is 1. The second-order valence-electron chi connectivity index (χ2n) is 6.33. The van der Waals surface area contributed by atoms with Gasteiger partial charge in [-0.05, 0) is 31.2 Å². The summed E-state index contributed by atoms with van der Waals surface area (Å²) in [5.41, 5.74) is 0.238. The third kappa shape index (κ3) is 4.54. The average molecular weight is 416 g/mol. The van der Waals surface area contributed by atoms with Gasteiger partial charge in [-0.15, -0.1) is 0 Å². The van der Waals surface area contributed by atoms with E-state index in [0.717, 1.165) is 0 Å². The smallest absolute Gasteiger partial charge is 0.409 e. The Morgan fingerprint density at radius 2 is 1.87 bits per heavy atom. The van der Waals surface area contributed by atoms with Crippen molar-refractivity contribution in [3.8, 4) is 0 Å². The van der Waals surface area contributed by atoms with Crippen LogP contribution in [0.25, 0.3) is 0 Å².